The Morgan fingerprint density at radius 3 is 2.47 bits per heavy atom. The lowest BCUT2D eigenvalue weighted by atomic mass is 10.1. The first kappa shape index (κ1) is 23.4. The average molecular weight is 480 g/mol. The second-order valence-electron chi connectivity index (χ2n) is 7.90. The third kappa shape index (κ3) is 5.99. The van der Waals surface area contributed by atoms with E-state index in [1.54, 1.807) is 25.3 Å². The van der Waals surface area contributed by atoms with Gasteiger partial charge in [-0.1, -0.05) is 35.9 Å². The molecule has 1 aliphatic rings. The molecule has 1 fully saturated rings. The molecule has 3 aromatic carbocycles. The molecule has 0 aromatic heterocycles. The Balaban J connectivity index is 1.33. The van der Waals surface area contributed by atoms with E-state index in [0.717, 1.165) is 23.4 Å². The van der Waals surface area contributed by atoms with E-state index in [0.29, 0.717) is 48.3 Å². The van der Waals surface area contributed by atoms with E-state index in [1.165, 1.54) is 0 Å². The maximum Gasteiger partial charge on any atom is 0.251 e. The van der Waals surface area contributed by atoms with Gasteiger partial charge in [-0.2, -0.15) is 0 Å². The lowest BCUT2D eigenvalue weighted by molar-refractivity contribution is -0.120. The molecule has 1 saturated heterocycles. The molecule has 4 rings (SSSR count). The summed E-state index contributed by atoms with van der Waals surface area (Å²) < 4.78 is 11.3. The van der Waals surface area contributed by atoms with Crippen molar-refractivity contribution in [2.24, 2.45) is 0 Å². The van der Waals surface area contributed by atoms with Crippen LogP contribution in [0.4, 0.5) is 5.69 Å². The number of anilines is 1. The highest BCUT2D eigenvalue weighted by Crippen LogP contribution is 2.29. The van der Waals surface area contributed by atoms with Gasteiger partial charge in [0.15, 0.2) is 11.5 Å². The number of benzene rings is 3. The highest BCUT2D eigenvalue weighted by Gasteiger charge is 2.16. The van der Waals surface area contributed by atoms with Crippen LogP contribution in [0.15, 0.2) is 66.7 Å². The summed E-state index contributed by atoms with van der Waals surface area (Å²) in [7, 11) is 1.54. The van der Waals surface area contributed by atoms with Crippen molar-refractivity contribution < 1.29 is 19.1 Å². The van der Waals surface area contributed by atoms with Crippen molar-refractivity contribution in [3.63, 3.8) is 0 Å². The van der Waals surface area contributed by atoms with Gasteiger partial charge in [0.25, 0.3) is 5.91 Å². The number of nitrogens with one attached hydrogen (secondary N) is 2. The monoisotopic (exact) mass is 479 g/mol. The number of hydrogen-bond acceptors (Lipinski definition) is 5. The molecule has 0 radical (unpaired) electrons. The first-order chi connectivity index (χ1) is 16.5. The molecule has 0 saturated carbocycles. The Bertz CT molecular complexity index is 1150. The van der Waals surface area contributed by atoms with Crippen LogP contribution >= 0.6 is 11.6 Å². The quantitative estimate of drug-likeness (QED) is 0.514. The molecular weight excluding hydrogens is 454 g/mol. The fourth-order valence-electron chi connectivity index (χ4n) is 3.64. The van der Waals surface area contributed by atoms with Crippen molar-refractivity contribution >= 4 is 29.1 Å². The minimum Gasteiger partial charge on any atom is -0.493 e. The summed E-state index contributed by atoms with van der Waals surface area (Å²) in [6.45, 7) is 2.53. The maximum atomic E-state index is 12.7. The van der Waals surface area contributed by atoms with Gasteiger partial charge in [0.2, 0.25) is 5.91 Å². The molecule has 3 aromatic rings. The van der Waals surface area contributed by atoms with Crippen LogP contribution in [0, 0.1) is 0 Å². The van der Waals surface area contributed by atoms with Crippen molar-refractivity contribution in [2.45, 2.75) is 13.2 Å². The van der Waals surface area contributed by atoms with E-state index < -0.39 is 0 Å². The minimum absolute atomic E-state index is 0.0272. The van der Waals surface area contributed by atoms with Crippen LogP contribution in [0.1, 0.15) is 21.5 Å². The standard InChI is InChI=1S/C26H26ClN3O4/c1-33-24-14-20(6-11-23(24)34-17-19-2-7-21(27)8-3-19)26(32)29-15-18-4-9-22(10-5-18)30-13-12-28-25(31)16-30/h2-11,14H,12-13,15-17H2,1H3,(H,28,31)(H,29,32). The first-order valence-corrected chi connectivity index (χ1v) is 11.3. The number of methoxy groups -OCH3 is 1. The predicted molar refractivity (Wildman–Crippen MR) is 132 cm³/mol. The lowest BCUT2D eigenvalue weighted by Crippen LogP contribution is -2.47. The van der Waals surface area contributed by atoms with E-state index in [1.807, 2.05) is 53.4 Å². The van der Waals surface area contributed by atoms with E-state index >= 15 is 0 Å². The van der Waals surface area contributed by atoms with Crippen molar-refractivity contribution in [1.82, 2.24) is 10.6 Å². The molecule has 1 aliphatic heterocycles. The molecule has 0 bridgehead atoms. The van der Waals surface area contributed by atoms with Crippen LogP contribution in [0.3, 0.4) is 0 Å². The number of amides is 2. The van der Waals surface area contributed by atoms with E-state index in [9.17, 15) is 9.59 Å². The molecule has 0 atom stereocenters. The summed E-state index contributed by atoms with van der Waals surface area (Å²) >= 11 is 5.92. The van der Waals surface area contributed by atoms with Crippen LogP contribution < -0.4 is 25.0 Å². The normalized spacial score (nSPS) is 13.2. The summed E-state index contributed by atoms with van der Waals surface area (Å²) in [6, 6.07) is 20.4. The van der Waals surface area contributed by atoms with E-state index in [4.69, 9.17) is 21.1 Å². The smallest absolute Gasteiger partial charge is 0.251 e. The zero-order chi connectivity index (χ0) is 23.9. The SMILES string of the molecule is COc1cc(C(=O)NCc2ccc(N3CCNC(=O)C3)cc2)ccc1OCc1ccc(Cl)cc1. The van der Waals surface area contributed by atoms with Crippen LogP contribution in [0.2, 0.25) is 5.02 Å². The van der Waals surface area contributed by atoms with E-state index in [-0.39, 0.29) is 11.8 Å². The Hall–Kier alpha value is -3.71. The number of carbonyl (C=O) groups is 2. The van der Waals surface area contributed by atoms with Gasteiger partial charge in [-0.3, -0.25) is 9.59 Å². The Morgan fingerprint density at radius 1 is 1.03 bits per heavy atom. The van der Waals surface area contributed by atoms with Gasteiger partial charge in [-0.25, -0.2) is 0 Å². The van der Waals surface area contributed by atoms with Crippen molar-refractivity contribution in [1.29, 1.82) is 0 Å². The van der Waals surface area contributed by atoms with Crippen LogP contribution in [0.5, 0.6) is 11.5 Å². The molecule has 2 N–H and O–H groups in total. The summed E-state index contributed by atoms with van der Waals surface area (Å²) in [5.41, 5.74) is 3.41. The second-order valence-corrected chi connectivity index (χ2v) is 8.34. The fraction of sp³-hybridized carbons (Fsp3) is 0.231. The largest absolute Gasteiger partial charge is 0.493 e. The van der Waals surface area contributed by atoms with Crippen molar-refractivity contribution in [2.75, 3.05) is 31.6 Å². The molecule has 0 unspecified atom stereocenters. The number of ether oxygens (including phenoxy) is 2. The van der Waals surface area contributed by atoms with Crippen molar-refractivity contribution in [3.8, 4) is 11.5 Å². The third-order valence-electron chi connectivity index (χ3n) is 5.53. The molecule has 34 heavy (non-hydrogen) atoms. The minimum atomic E-state index is -0.209. The summed E-state index contributed by atoms with van der Waals surface area (Å²) in [6.07, 6.45) is 0. The van der Waals surface area contributed by atoms with Gasteiger partial charge in [-0.15, -0.1) is 0 Å². The molecule has 1 heterocycles. The fourth-order valence-corrected chi connectivity index (χ4v) is 3.76. The average Bonchev–Trinajstić information content (AvgIpc) is 2.87. The zero-order valence-electron chi connectivity index (χ0n) is 18.8. The summed E-state index contributed by atoms with van der Waals surface area (Å²) in [4.78, 5) is 26.3. The first-order valence-electron chi connectivity index (χ1n) is 11.0. The number of piperazine rings is 1. The van der Waals surface area contributed by atoms with Gasteiger partial charge < -0.3 is 25.0 Å². The molecule has 8 heteroatoms. The van der Waals surface area contributed by atoms with Gasteiger partial charge in [0.1, 0.15) is 6.61 Å². The lowest BCUT2D eigenvalue weighted by Gasteiger charge is -2.28. The number of carbonyl (C=O) groups excluding carboxylic acids is 2. The van der Waals surface area contributed by atoms with Gasteiger partial charge in [0, 0.05) is 35.9 Å². The Morgan fingerprint density at radius 2 is 1.76 bits per heavy atom. The Labute approximate surface area is 203 Å². The Kier molecular flexibility index (Phi) is 7.54. The number of nitrogens with zero attached hydrogens (tertiary/aromatic N) is 1. The highest BCUT2D eigenvalue weighted by molar-refractivity contribution is 6.30. The van der Waals surface area contributed by atoms with Crippen molar-refractivity contribution in [3.05, 3.63) is 88.4 Å². The molecule has 7 nitrogen and oxygen atoms in total. The molecule has 0 spiro atoms. The second kappa shape index (κ2) is 10.9. The maximum absolute atomic E-state index is 12.7. The van der Waals surface area contributed by atoms with Crippen LogP contribution in [0.25, 0.3) is 0 Å². The van der Waals surface area contributed by atoms with Gasteiger partial charge >= 0.3 is 0 Å². The number of rotatable bonds is 8. The molecule has 176 valence electrons. The van der Waals surface area contributed by atoms with Gasteiger partial charge in [-0.05, 0) is 53.6 Å². The van der Waals surface area contributed by atoms with E-state index in [2.05, 4.69) is 10.6 Å². The molecule has 0 aliphatic carbocycles. The molecule has 2 amide bonds. The molecular formula is C26H26ClN3O4. The topological polar surface area (TPSA) is 79.9 Å². The highest BCUT2D eigenvalue weighted by atomic mass is 35.5. The number of hydrogen-bond donors (Lipinski definition) is 2. The van der Waals surface area contributed by atoms with Crippen LogP contribution in [-0.4, -0.2) is 38.6 Å². The summed E-state index contributed by atoms with van der Waals surface area (Å²) in [5.74, 6) is 0.853. The third-order valence-corrected chi connectivity index (χ3v) is 5.78. The predicted octanol–water partition coefficient (Wildman–Crippen LogP) is 3.79. The van der Waals surface area contributed by atoms with Crippen LogP contribution in [-0.2, 0) is 17.9 Å². The number of halogens is 1. The summed E-state index contributed by atoms with van der Waals surface area (Å²) in [5, 5.41) is 6.42. The van der Waals surface area contributed by atoms with Gasteiger partial charge in [0.05, 0.1) is 13.7 Å². The zero-order valence-corrected chi connectivity index (χ0v) is 19.6.